The summed E-state index contributed by atoms with van der Waals surface area (Å²) in [6.07, 6.45) is 2.16. The molecule has 0 aromatic heterocycles. The lowest BCUT2D eigenvalue weighted by Gasteiger charge is -2.26. The minimum atomic E-state index is -0.593. The maximum absolute atomic E-state index is 12.8. The van der Waals surface area contributed by atoms with Crippen molar-refractivity contribution in [3.8, 4) is 17.2 Å². The van der Waals surface area contributed by atoms with Crippen molar-refractivity contribution in [2.45, 2.75) is 18.9 Å². The molecular formula is C21H20N2O7. The van der Waals surface area contributed by atoms with Gasteiger partial charge in [-0.1, -0.05) is 6.07 Å². The first kappa shape index (κ1) is 19.7. The van der Waals surface area contributed by atoms with Crippen LogP contribution in [0.1, 0.15) is 34.8 Å². The van der Waals surface area contributed by atoms with Crippen molar-refractivity contribution in [2.24, 2.45) is 0 Å². The Kier molecular flexibility index (Phi) is 5.51. The summed E-state index contributed by atoms with van der Waals surface area (Å²) in [6.45, 7) is 1.34. The SMILES string of the molecule is O=Cc1cc([N+](=O)[O-])ccc1OCC(=O)N1CCCC1c1ccc2c(c1)OCCO2. The van der Waals surface area contributed by atoms with Gasteiger partial charge in [-0.05, 0) is 36.6 Å². The van der Waals surface area contributed by atoms with Gasteiger partial charge >= 0.3 is 0 Å². The highest BCUT2D eigenvalue weighted by atomic mass is 16.6. The summed E-state index contributed by atoms with van der Waals surface area (Å²) in [4.78, 5) is 36.1. The van der Waals surface area contributed by atoms with E-state index in [2.05, 4.69) is 0 Å². The second kappa shape index (κ2) is 8.40. The molecule has 156 valence electrons. The van der Waals surface area contributed by atoms with Crippen LogP contribution in [0.5, 0.6) is 17.2 Å². The number of hydrogen-bond acceptors (Lipinski definition) is 7. The van der Waals surface area contributed by atoms with E-state index < -0.39 is 4.92 Å². The van der Waals surface area contributed by atoms with Crippen LogP contribution < -0.4 is 14.2 Å². The van der Waals surface area contributed by atoms with Gasteiger partial charge in [0.1, 0.15) is 19.0 Å². The Hall–Kier alpha value is -3.62. The molecule has 0 radical (unpaired) electrons. The van der Waals surface area contributed by atoms with Crippen LogP contribution in [0.3, 0.4) is 0 Å². The van der Waals surface area contributed by atoms with Gasteiger partial charge in [0.15, 0.2) is 24.4 Å². The third kappa shape index (κ3) is 3.91. The lowest BCUT2D eigenvalue weighted by Crippen LogP contribution is -2.34. The summed E-state index contributed by atoms with van der Waals surface area (Å²) < 4.78 is 16.7. The number of benzene rings is 2. The molecule has 2 aromatic rings. The highest BCUT2D eigenvalue weighted by molar-refractivity contribution is 5.82. The number of aldehydes is 1. The molecule has 1 fully saturated rings. The fourth-order valence-corrected chi connectivity index (χ4v) is 3.77. The van der Waals surface area contributed by atoms with Crippen LogP contribution in [0, 0.1) is 10.1 Å². The second-order valence-electron chi connectivity index (χ2n) is 7.03. The molecule has 2 aliphatic heterocycles. The molecule has 1 amide bonds. The molecule has 0 N–H and O–H groups in total. The van der Waals surface area contributed by atoms with E-state index in [9.17, 15) is 19.7 Å². The van der Waals surface area contributed by atoms with E-state index in [1.807, 2.05) is 18.2 Å². The van der Waals surface area contributed by atoms with Gasteiger partial charge in [-0.15, -0.1) is 0 Å². The molecule has 0 spiro atoms. The number of ether oxygens (including phenoxy) is 3. The first-order valence-electron chi connectivity index (χ1n) is 9.62. The number of fused-ring (bicyclic) bond motifs is 1. The van der Waals surface area contributed by atoms with Crippen molar-refractivity contribution in [1.29, 1.82) is 0 Å². The first-order chi connectivity index (χ1) is 14.6. The predicted molar refractivity (Wildman–Crippen MR) is 105 cm³/mol. The molecule has 0 bridgehead atoms. The van der Waals surface area contributed by atoms with Crippen LogP contribution in [0.25, 0.3) is 0 Å². The standard InChI is InChI=1S/C21H20N2O7/c24-12-15-10-16(23(26)27)4-6-18(15)30-13-21(25)22-7-1-2-17(22)14-3-5-19-20(11-14)29-9-8-28-19/h3-6,10-12,17H,1-2,7-9,13H2. The zero-order valence-corrected chi connectivity index (χ0v) is 16.1. The predicted octanol–water partition coefficient (Wildman–Crippen LogP) is 2.92. The van der Waals surface area contributed by atoms with Crippen molar-refractivity contribution >= 4 is 17.9 Å². The van der Waals surface area contributed by atoms with Gasteiger partial charge < -0.3 is 19.1 Å². The number of carbonyl (C=O) groups excluding carboxylic acids is 2. The van der Waals surface area contributed by atoms with Crippen molar-refractivity contribution in [1.82, 2.24) is 4.90 Å². The molecule has 2 aliphatic rings. The lowest BCUT2D eigenvalue weighted by atomic mass is 10.0. The van der Waals surface area contributed by atoms with Crippen LogP contribution in [0.4, 0.5) is 5.69 Å². The number of nitro benzene ring substituents is 1. The zero-order chi connectivity index (χ0) is 21.1. The average Bonchev–Trinajstić information content (AvgIpc) is 3.27. The largest absolute Gasteiger partial charge is 0.486 e. The van der Waals surface area contributed by atoms with E-state index in [0.717, 1.165) is 24.5 Å². The summed E-state index contributed by atoms with van der Waals surface area (Å²) in [5.41, 5.74) is 0.782. The smallest absolute Gasteiger partial charge is 0.270 e. The summed E-state index contributed by atoms with van der Waals surface area (Å²) in [5, 5.41) is 10.9. The van der Waals surface area contributed by atoms with Crippen LogP contribution in [-0.2, 0) is 4.79 Å². The van der Waals surface area contributed by atoms with Crippen molar-refractivity contribution < 1.29 is 28.7 Å². The molecule has 9 heteroatoms. The highest BCUT2D eigenvalue weighted by Gasteiger charge is 2.31. The summed E-state index contributed by atoms with van der Waals surface area (Å²) in [7, 11) is 0. The fraction of sp³-hybridized carbons (Fsp3) is 0.333. The van der Waals surface area contributed by atoms with Gasteiger partial charge in [0.05, 0.1) is 16.5 Å². The molecule has 1 unspecified atom stereocenters. The third-order valence-corrected chi connectivity index (χ3v) is 5.21. The molecule has 4 rings (SSSR count). The molecule has 30 heavy (non-hydrogen) atoms. The first-order valence-corrected chi connectivity index (χ1v) is 9.62. The van der Waals surface area contributed by atoms with Crippen LogP contribution >= 0.6 is 0 Å². The molecule has 9 nitrogen and oxygen atoms in total. The molecule has 2 heterocycles. The number of carbonyl (C=O) groups is 2. The number of likely N-dealkylation sites (tertiary alicyclic amines) is 1. The van der Waals surface area contributed by atoms with Gasteiger partial charge in [-0.3, -0.25) is 19.7 Å². The van der Waals surface area contributed by atoms with E-state index in [0.29, 0.717) is 37.5 Å². The van der Waals surface area contributed by atoms with E-state index >= 15 is 0 Å². The number of amides is 1. The van der Waals surface area contributed by atoms with E-state index in [1.54, 1.807) is 4.90 Å². The highest BCUT2D eigenvalue weighted by Crippen LogP contribution is 2.38. The fourth-order valence-electron chi connectivity index (χ4n) is 3.77. The van der Waals surface area contributed by atoms with Crippen LogP contribution in [-0.4, -0.2) is 48.4 Å². The molecule has 2 aromatic carbocycles. The second-order valence-corrected chi connectivity index (χ2v) is 7.03. The molecular weight excluding hydrogens is 392 g/mol. The van der Waals surface area contributed by atoms with Gasteiger partial charge in [0, 0.05) is 18.7 Å². The van der Waals surface area contributed by atoms with Gasteiger partial charge in [0.2, 0.25) is 0 Å². The van der Waals surface area contributed by atoms with Crippen molar-refractivity contribution in [3.05, 3.63) is 57.6 Å². The minimum Gasteiger partial charge on any atom is -0.486 e. The Labute approximate surface area is 172 Å². The average molecular weight is 412 g/mol. The Morgan fingerprint density at radius 3 is 2.77 bits per heavy atom. The summed E-state index contributed by atoms with van der Waals surface area (Å²) in [6, 6.07) is 9.30. The Bertz CT molecular complexity index is 991. The number of non-ortho nitro benzene ring substituents is 1. The monoisotopic (exact) mass is 412 g/mol. The van der Waals surface area contributed by atoms with Gasteiger partial charge in [0.25, 0.3) is 11.6 Å². The molecule has 0 aliphatic carbocycles. The number of nitrogens with zero attached hydrogens (tertiary/aromatic N) is 2. The topological polar surface area (TPSA) is 108 Å². The number of nitro groups is 1. The van der Waals surface area contributed by atoms with E-state index in [1.165, 1.54) is 12.1 Å². The van der Waals surface area contributed by atoms with Crippen molar-refractivity contribution in [2.75, 3.05) is 26.4 Å². The Morgan fingerprint density at radius 1 is 1.20 bits per heavy atom. The van der Waals surface area contributed by atoms with Gasteiger partial charge in [-0.25, -0.2) is 0 Å². The van der Waals surface area contributed by atoms with Crippen LogP contribution in [0.2, 0.25) is 0 Å². The Balaban J connectivity index is 1.46. The van der Waals surface area contributed by atoms with Crippen LogP contribution in [0.15, 0.2) is 36.4 Å². The molecule has 1 atom stereocenters. The van der Waals surface area contributed by atoms with E-state index in [4.69, 9.17) is 14.2 Å². The molecule has 0 saturated carbocycles. The Morgan fingerprint density at radius 2 is 2.00 bits per heavy atom. The lowest BCUT2D eigenvalue weighted by molar-refractivity contribution is -0.384. The zero-order valence-electron chi connectivity index (χ0n) is 16.1. The van der Waals surface area contributed by atoms with Crippen molar-refractivity contribution in [3.63, 3.8) is 0 Å². The quantitative estimate of drug-likeness (QED) is 0.408. The number of rotatable bonds is 6. The van der Waals surface area contributed by atoms with Gasteiger partial charge in [-0.2, -0.15) is 0 Å². The third-order valence-electron chi connectivity index (χ3n) is 5.21. The van der Waals surface area contributed by atoms with E-state index in [-0.39, 0.29) is 35.6 Å². The number of hydrogen-bond donors (Lipinski definition) is 0. The summed E-state index contributed by atoms with van der Waals surface area (Å²) in [5.74, 6) is 1.29. The molecule has 1 saturated heterocycles. The summed E-state index contributed by atoms with van der Waals surface area (Å²) >= 11 is 0. The normalized spacial score (nSPS) is 17.5. The maximum Gasteiger partial charge on any atom is 0.270 e. The minimum absolute atomic E-state index is 0.0295. The maximum atomic E-state index is 12.8.